The fourth-order valence-corrected chi connectivity index (χ4v) is 4.88. The molecule has 5 rings (SSSR count). The fraction of sp³-hybridized carbons (Fsp3) is 0.0714. The largest absolute Gasteiger partial charge is 0.493 e. The summed E-state index contributed by atoms with van der Waals surface area (Å²) >= 11 is 1.54. The van der Waals surface area contributed by atoms with Crippen molar-refractivity contribution in [1.82, 2.24) is 9.97 Å². The Balaban J connectivity index is 1.76. The molecule has 2 aromatic carbocycles. The summed E-state index contributed by atoms with van der Waals surface area (Å²) in [7, 11) is 3.16. The van der Waals surface area contributed by atoms with Crippen molar-refractivity contribution in [1.29, 1.82) is 0 Å². The molecule has 0 aliphatic carbocycles. The quantitative estimate of drug-likeness (QED) is 0.310. The van der Waals surface area contributed by atoms with Gasteiger partial charge in [-0.25, -0.2) is 0 Å². The second-order valence-electron chi connectivity index (χ2n) is 7.64. The van der Waals surface area contributed by atoms with Crippen molar-refractivity contribution >= 4 is 34.4 Å². The maximum atomic E-state index is 13.4. The van der Waals surface area contributed by atoms with Gasteiger partial charge < -0.3 is 14.5 Å². The molecule has 168 valence electrons. The molecule has 3 aromatic heterocycles. The average molecular weight is 467 g/mol. The third-order valence-corrected chi connectivity index (χ3v) is 6.54. The number of nitrogens with zero attached hydrogens (tertiary/aromatic N) is 1. The van der Waals surface area contributed by atoms with Crippen LogP contribution in [0.1, 0.15) is 11.1 Å². The highest BCUT2D eigenvalue weighted by atomic mass is 32.1. The SMILES string of the molecule is COc1ccc2c(-c3cccc(C=Cc4ccncc4)c3)c(-c3cccs3)c(=O)[nH]c2c1OC. The van der Waals surface area contributed by atoms with Crippen LogP contribution in [0.3, 0.4) is 0 Å². The van der Waals surface area contributed by atoms with Crippen LogP contribution in [-0.4, -0.2) is 24.2 Å². The van der Waals surface area contributed by atoms with Gasteiger partial charge in [-0.1, -0.05) is 36.4 Å². The first-order valence-corrected chi connectivity index (χ1v) is 11.6. The Morgan fingerprint density at radius 3 is 2.44 bits per heavy atom. The molecule has 3 heterocycles. The van der Waals surface area contributed by atoms with E-state index in [2.05, 4.69) is 22.1 Å². The minimum atomic E-state index is -0.172. The number of ether oxygens (including phenoxy) is 2. The lowest BCUT2D eigenvalue weighted by atomic mass is 9.93. The van der Waals surface area contributed by atoms with Crippen LogP contribution < -0.4 is 15.0 Å². The predicted octanol–water partition coefficient (Wildman–Crippen LogP) is 6.51. The third-order valence-electron chi connectivity index (χ3n) is 5.65. The Morgan fingerprint density at radius 2 is 1.71 bits per heavy atom. The first-order chi connectivity index (χ1) is 16.7. The number of pyridine rings is 2. The fourth-order valence-electron chi connectivity index (χ4n) is 4.10. The molecule has 0 amide bonds. The maximum Gasteiger partial charge on any atom is 0.257 e. The van der Waals surface area contributed by atoms with Crippen LogP contribution in [0.4, 0.5) is 0 Å². The molecule has 0 atom stereocenters. The molecule has 1 N–H and O–H groups in total. The van der Waals surface area contributed by atoms with Gasteiger partial charge in [-0.05, 0) is 58.5 Å². The number of fused-ring (bicyclic) bond motifs is 1. The number of rotatable bonds is 6. The number of aromatic nitrogens is 2. The van der Waals surface area contributed by atoms with Crippen LogP contribution in [0.15, 0.2) is 83.2 Å². The van der Waals surface area contributed by atoms with Crippen molar-refractivity contribution in [3.05, 3.63) is 99.9 Å². The van der Waals surface area contributed by atoms with E-state index in [1.807, 2.05) is 66.1 Å². The van der Waals surface area contributed by atoms with Crippen LogP contribution in [0.2, 0.25) is 0 Å². The molecule has 0 fully saturated rings. The number of aromatic amines is 1. The van der Waals surface area contributed by atoms with Crippen molar-refractivity contribution in [2.45, 2.75) is 0 Å². The zero-order valence-electron chi connectivity index (χ0n) is 18.7. The molecule has 34 heavy (non-hydrogen) atoms. The second-order valence-corrected chi connectivity index (χ2v) is 8.59. The summed E-state index contributed by atoms with van der Waals surface area (Å²) in [6.07, 6.45) is 7.65. The van der Waals surface area contributed by atoms with Crippen LogP contribution in [-0.2, 0) is 0 Å². The first-order valence-electron chi connectivity index (χ1n) is 10.7. The molecule has 0 bridgehead atoms. The summed E-state index contributed by atoms with van der Waals surface area (Å²) < 4.78 is 11.1. The minimum Gasteiger partial charge on any atom is -0.493 e. The number of hydrogen-bond donors (Lipinski definition) is 1. The number of benzene rings is 2. The minimum absolute atomic E-state index is 0.172. The summed E-state index contributed by atoms with van der Waals surface area (Å²) in [4.78, 5) is 21.4. The highest BCUT2D eigenvalue weighted by molar-refractivity contribution is 7.13. The van der Waals surface area contributed by atoms with Crippen molar-refractivity contribution < 1.29 is 9.47 Å². The van der Waals surface area contributed by atoms with Crippen LogP contribution >= 0.6 is 11.3 Å². The summed E-state index contributed by atoms with van der Waals surface area (Å²) in [5.41, 5.74) is 4.99. The number of nitrogens with one attached hydrogen (secondary N) is 1. The lowest BCUT2D eigenvalue weighted by Crippen LogP contribution is -2.11. The Kier molecular flexibility index (Phi) is 5.97. The highest BCUT2D eigenvalue weighted by Crippen LogP contribution is 2.42. The van der Waals surface area contributed by atoms with Crippen LogP contribution in [0.25, 0.3) is 44.6 Å². The van der Waals surface area contributed by atoms with Gasteiger partial charge in [0.15, 0.2) is 11.5 Å². The van der Waals surface area contributed by atoms with Gasteiger partial charge in [0.1, 0.15) is 0 Å². The molecule has 0 saturated carbocycles. The molecule has 6 heteroatoms. The third kappa shape index (κ3) is 4.00. The number of H-pyrrole nitrogens is 1. The van der Waals surface area contributed by atoms with Gasteiger partial charge in [0.05, 0.1) is 25.3 Å². The highest BCUT2D eigenvalue weighted by Gasteiger charge is 2.20. The molecule has 0 unspecified atom stereocenters. The Labute approximate surface area is 201 Å². The van der Waals surface area contributed by atoms with Crippen molar-refractivity contribution in [3.63, 3.8) is 0 Å². The molecule has 0 saturated heterocycles. The molecule has 0 aliphatic heterocycles. The van der Waals surface area contributed by atoms with Crippen molar-refractivity contribution in [2.75, 3.05) is 14.2 Å². The Bertz CT molecular complexity index is 1540. The van der Waals surface area contributed by atoms with Gasteiger partial charge in [-0.2, -0.15) is 0 Å². The second kappa shape index (κ2) is 9.37. The van der Waals surface area contributed by atoms with E-state index in [4.69, 9.17) is 9.47 Å². The zero-order valence-corrected chi connectivity index (χ0v) is 19.6. The standard InChI is InChI=1S/C28H22N2O3S/c1-32-22-11-10-21-24(20-6-3-5-19(17-20)9-8-18-12-14-29-15-13-18)25(23-7-4-16-34-23)28(31)30-26(21)27(22)33-2/h3-17H,1-2H3,(H,30,31). The van der Waals surface area contributed by atoms with Crippen molar-refractivity contribution in [2.24, 2.45) is 0 Å². The van der Waals surface area contributed by atoms with E-state index < -0.39 is 0 Å². The molecular formula is C28H22N2O3S. The van der Waals surface area contributed by atoms with Gasteiger partial charge in [0, 0.05) is 28.2 Å². The van der Waals surface area contributed by atoms with E-state index in [1.54, 1.807) is 38.0 Å². The predicted molar refractivity (Wildman–Crippen MR) is 140 cm³/mol. The normalized spacial score (nSPS) is 11.2. The lowest BCUT2D eigenvalue weighted by Gasteiger charge is -2.16. The van der Waals surface area contributed by atoms with E-state index in [-0.39, 0.29) is 5.56 Å². The van der Waals surface area contributed by atoms with Crippen LogP contribution in [0, 0.1) is 0 Å². The Hall–Kier alpha value is -4.16. The molecular weight excluding hydrogens is 444 g/mol. The van der Waals surface area contributed by atoms with E-state index >= 15 is 0 Å². The Morgan fingerprint density at radius 1 is 0.882 bits per heavy atom. The summed E-state index contributed by atoms with van der Waals surface area (Å²) in [6, 6.07) is 19.9. The van der Waals surface area contributed by atoms with E-state index in [1.165, 1.54) is 0 Å². The van der Waals surface area contributed by atoms with E-state index in [0.717, 1.165) is 32.5 Å². The van der Waals surface area contributed by atoms with Gasteiger partial charge in [-0.3, -0.25) is 9.78 Å². The topological polar surface area (TPSA) is 64.2 Å². The molecule has 5 nitrogen and oxygen atoms in total. The van der Waals surface area contributed by atoms with Gasteiger partial charge in [-0.15, -0.1) is 11.3 Å². The zero-order chi connectivity index (χ0) is 23.5. The number of thiophene rings is 1. The number of hydrogen-bond acceptors (Lipinski definition) is 5. The average Bonchev–Trinajstić information content (AvgIpc) is 3.41. The summed E-state index contributed by atoms with van der Waals surface area (Å²) in [6.45, 7) is 0. The van der Waals surface area contributed by atoms with E-state index in [0.29, 0.717) is 22.6 Å². The number of methoxy groups -OCH3 is 2. The smallest absolute Gasteiger partial charge is 0.257 e. The van der Waals surface area contributed by atoms with Gasteiger partial charge >= 0.3 is 0 Å². The van der Waals surface area contributed by atoms with Gasteiger partial charge in [0.25, 0.3) is 5.56 Å². The van der Waals surface area contributed by atoms with Gasteiger partial charge in [0.2, 0.25) is 0 Å². The monoisotopic (exact) mass is 466 g/mol. The summed E-state index contributed by atoms with van der Waals surface area (Å²) in [5, 5.41) is 2.86. The first kappa shape index (κ1) is 21.7. The maximum absolute atomic E-state index is 13.4. The molecule has 5 aromatic rings. The van der Waals surface area contributed by atoms with Crippen LogP contribution in [0.5, 0.6) is 11.5 Å². The molecule has 0 radical (unpaired) electrons. The summed E-state index contributed by atoms with van der Waals surface area (Å²) in [5.74, 6) is 1.07. The van der Waals surface area contributed by atoms with Crippen molar-refractivity contribution in [3.8, 4) is 33.1 Å². The molecule has 0 spiro atoms. The molecule has 0 aliphatic rings. The lowest BCUT2D eigenvalue weighted by molar-refractivity contribution is 0.358. The van der Waals surface area contributed by atoms with E-state index in [9.17, 15) is 4.79 Å².